The number of ether oxygens (including phenoxy) is 1. The van der Waals surface area contributed by atoms with Crippen molar-refractivity contribution in [3.05, 3.63) is 34.9 Å². The van der Waals surface area contributed by atoms with Gasteiger partial charge in [0.15, 0.2) is 0 Å². The van der Waals surface area contributed by atoms with Gasteiger partial charge in [-0.3, -0.25) is 0 Å². The summed E-state index contributed by atoms with van der Waals surface area (Å²) >= 11 is 6.10. The number of amides is 2. The van der Waals surface area contributed by atoms with Crippen LogP contribution in [0.3, 0.4) is 0 Å². The molecular formula is C17H24ClN3O2. The fourth-order valence-corrected chi connectivity index (χ4v) is 3.83. The number of hydrogen-bond donors (Lipinski definition) is 2. The summed E-state index contributed by atoms with van der Waals surface area (Å²) in [6.07, 6.45) is 2.74. The molecule has 1 aromatic carbocycles. The summed E-state index contributed by atoms with van der Waals surface area (Å²) in [5, 5.41) is 7.06. The lowest BCUT2D eigenvalue weighted by Crippen LogP contribution is -2.48. The van der Waals surface area contributed by atoms with Gasteiger partial charge in [-0.05, 0) is 50.0 Å². The molecule has 0 saturated carbocycles. The van der Waals surface area contributed by atoms with Crippen molar-refractivity contribution in [2.75, 3.05) is 26.7 Å². The van der Waals surface area contributed by atoms with E-state index in [0.717, 1.165) is 37.9 Å². The summed E-state index contributed by atoms with van der Waals surface area (Å²) in [4.78, 5) is 14.3. The molecule has 2 fully saturated rings. The second-order valence-corrected chi connectivity index (χ2v) is 6.68. The second-order valence-electron chi connectivity index (χ2n) is 6.24. The van der Waals surface area contributed by atoms with Crippen LogP contribution in [0.15, 0.2) is 24.3 Å². The Morgan fingerprint density at radius 1 is 1.39 bits per heavy atom. The Morgan fingerprint density at radius 2 is 2.17 bits per heavy atom. The molecule has 126 valence electrons. The van der Waals surface area contributed by atoms with Crippen molar-refractivity contribution < 1.29 is 9.53 Å². The summed E-state index contributed by atoms with van der Waals surface area (Å²) in [5.41, 5.74) is 1.06. The number of benzene rings is 1. The lowest BCUT2D eigenvalue weighted by molar-refractivity contribution is 0.0650. The Labute approximate surface area is 142 Å². The van der Waals surface area contributed by atoms with Crippen molar-refractivity contribution >= 4 is 17.6 Å². The van der Waals surface area contributed by atoms with E-state index in [4.69, 9.17) is 16.3 Å². The molecule has 23 heavy (non-hydrogen) atoms. The predicted molar refractivity (Wildman–Crippen MR) is 90.7 cm³/mol. The number of halogens is 1. The highest BCUT2D eigenvalue weighted by Crippen LogP contribution is 2.29. The van der Waals surface area contributed by atoms with Gasteiger partial charge in [0.25, 0.3) is 0 Å². The van der Waals surface area contributed by atoms with Gasteiger partial charge in [0, 0.05) is 24.7 Å². The molecule has 2 N–H and O–H groups in total. The van der Waals surface area contributed by atoms with Crippen molar-refractivity contribution in [1.29, 1.82) is 0 Å². The molecule has 0 spiro atoms. The maximum absolute atomic E-state index is 12.3. The molecule has 0 radical (unpaired) electrons. The quantitative estimate of drug-likeness (QED) is 0.868. The lowest BCUT2D eigenvalue weighted by atomic mass is 9.98. The van der Waals surface area contributed by atoms with Crippen LogP contribution in [0.5, 0.6) is 0 Å². The normalized spacial score (nSPS) is 23.8. The third kappa shape index (κ3) is 3.79. The molecule has 2 unspecified atom stereocenters. The highest BCUT2D eigenvalue weighted by Gasteiger charge is 2.37. The number of rotatable bonds is 5. The number of urea groups is 1. The van der Waals surface area contributed by atoms with Gasteiger partial charge in [0.2, 0.25) is 0 Å². The molecule has 2 saturated heterocycles. The van der Waals surface area contributed by atoms with Gasteiger partial charge < -0.3 is 20.3 Å². The van der Waals surface area contributed by atoms with Crippen LogP contribution in [0, 0.1) is 0 Å². The molecular weight excluding hydrogens is 314 g/mol. The minimum absolute atomic E-state index is 0.0582. The Bertz CT molecular complexity index is 548. The highest BCUT2D eigenvalue weighted by molar-refractivity contribution is 6.30. The summed E-state index contributed by atoms with van der Waals surface area (Å²) in [6, 6.07) is 8.30. The van der Waals surface area contributed by atoms with Crippen molar-refractivity contribution in [3.63, 3.8) is 0 Å². The van der Waals surface area contributed by atoms with Gasteiger partial charge in [-0.2, -0.15) is 0 Å². The third-order valence-corrected chi connectivity index (χ3v) is 5.05. The zero-order valence-corrected chi connectivity index (χ0v) is 14.2. The highest BCUT2D eigenvalue weighted by atomic mass is 35.5. The van der Waals surface area contributed by atoms with Gasteiger partial charge in [-0.25, -0.2) is 4.79 Å². The molecule has 3 rings (SSSR count). The van der Waals surface area contributed by atoms with Crippen LogP contribution in [-0.4, -0.2) is 49.8 Å². The number of carbonyl (C=O) groups excluding carboxylic acids is 1. The van der Waals surface area contributed by atoms with E-state index in [2.05, 4.69) is 10.6 Å². The van der Waals surface area contributed by atoms with Crippen molar-refractivity contribution in [1.82, 2.24) is 15.5 Å². The van der Waals surface area contributed by atoms with Crippen LogP contribution in [0.4, 0.5) is 4.79 Å². The van der Waals surface area contributed by atoms with E-state index in [-0.39, 0.29) is 18.2 Å². The van der Waals surface area contributed by atoms with Crippen molar-refractivity contribution in [2.24, 2.45) is 0 Å². The standard InChI is InChI=1S/C17H24ClN3O2/c1-23-16(12-3-2-4-13(18)9-12)10-15-11-20-17(22)21(15)14-5-7-19-8-6-14/h2-4,9,14-16,19H,5-8,10-11H2,1H3,(H,20,22). The van der Waals surface area contributed by atoms with Gasteiger partial charge >= 0.3 is 6.03 Å². The van der Waals surface area contributed by atoms with Crippen LogP contribution in [-0.2, 0) is 4.74 Å². The van der Waals surface area contributed by atoms with Crippen molar-refractivity contribution in [3.8, 4) is 0 Å². The number of nitrogens with one attached hydrogen (secondary N) is 2. The van der Waals surface area contributed by atoms with Gasteiger partial charge in [0.1, 0.15) is 0 Å². The zero-order valence-electron chi connectivity index (χ0n) is 13.4. The smallest absolute Gasteiger partial charge is 0.318 e. The van der Waals surface area contributed by atoms with E-state index in [9.17, 15) is 4.79 Å². The monoisotopic (exact) mass is 337 g/mol. The average molecular weight is 338 g/mol. The number of carbonyl (C=O) groups is 1. The first kappa shape index (κ1) is 16.6. The maximum Gasteiger partial charge on any atom is 0.318 e. The van der Waals surface area contributed by atoms with Gasteiger partial charge in [-0.1, -0.05) is 23.7 Å². The predicted octanol–water partition coefficient (Wildman–Crippen LogP) is 2.56. The average Bonchev–Trinajstić information content (AvgIpc) is 2.94. The van der Waals surface area contributed by atoms with E-state index in [0.29, 0.717) is 17.6 Å². The van der Waals surface area contributed by atoms with Crippen LogP contribution >= 0.6 is 11.6 Å². The molecule has 2 aliphatic rings. The fraction of sp³-hybridized carbons (Fsp3) is 0.588. The number of piperidine rings is 1. The van der Waals surface area contributed by atoms with Crippen molar-refractivity contribution in [2.45, 2.75) is 37.5 Å². The Balaban J connectivity index is 1.72. The third-order valence-electron chi connectivity index (χ3n) is 4.81. The Morgan fingerprint density at radius 3 is 2.87 bits per heavy atom. The van der Waals surface area contributed by atoms with Crippen LogP contribution in [0.25, 0.3) is 0 Å². The van der Waals surface area contributed by atoms with E-state index < -0.39 is 0 Å². The number of nitrogens with zero attached hydrogens (tertiary/aromatic N) is 1. The lowest BCUT2D eigenvalue weighted by Gasteiger charge is -2.36. The Hall–Kier alpha value is -1.30. The molecule has 2 heterocycles. The summed E-state index contributed by atoms with van der Waals surface area (Å²) in [5.74, 6) is 0. The van der Waals surface area contributed by atoms with Gasteiger partial charge in [0.05, 0.1) is 12.1 Å². The molecule has 0 bridgehead atoms. The van der Waals surface area contributed by atoms with Crippen LogP contribution in [0.2, 0.25) is 5.02 Å². The number of methoxy groups -OCH3 is 1. The number of hydrogen-bond acceptors (Lipinski definition) is 3. The molecule has 0 aromatic heterocycles. The van der Waals surface area contributed by atoms with E-state index in [1.165, 1.54) is 0 Å². The second kappa shape index (κ2) is 7.51. The SMILES string of the molecule is COC(CC1CNC(=O)N1C1CCNCC1)c1cccc(Cl)c1. The topological polar surface area (TPSA) is 53.6 Å². The molecule has 2 atom stereocenters. The molecule has 2 amide bonds. The molecule has 0 aliphatic carbocycles. The maximum atomic E-state index is 12.3. The van der Waals surface area contributed by atoms with E-state index in [1.807, 2.05) is 29.2 Å². The first-order chi connectivity index (χ1) is 11.2. The first-order valence-corrected chi connectivity index (χ1v) is 8.62. The molecule has 6 heteroatoms. The van der Waals surface area contributed by atoms with E-state index in [1.54, 1.807) is 7.11 Å². The minimum Gasteiger partial charge on any atom is -0.377 e. The minimum atomic E-state index is -0.0596. The summed E-state index contributed by atoms with van der Waals surface area (Å²) < 4.78 is 5.69. The molecule has 2 aliphatic heterocycles. The Kier molecular flexibility index (Phi) is 5.41. The van der Waals surface area contributed by atoms with Crippen LogP contribution < -0.4 is 10.6 Å². The largest absolute Gasteiger partial charge is 0.377 e. The first-order valence-electron chi connectivity index (χ1n) is 8.24. The summed E-state index contributed by atoms with van der Waals surface area (Å²) in [7, 11) is 1.71. The zero-order chi connectivity index (χ0) is 16.2. The van der Waals surface area contributed by atoms with Crippen LogP contribution in [0.1, 0.15) is 30.9 Å². The van der Waals surface area contributed by atoms with Gasteiger partial charge in [-0.15, -0.1) is 0 Å². The summed E-state index contributed by atoms with van der Waals surface area (Å²) in [6.45, 7) is 2.63. The molecule has 5 nitrogen and oxygen atoms in total. The van der Waals surface area contributed by atoms with E-state index >= 15 is 0 Å². The molecule has 1 aromatic rings. The fourth-order valence-electron chi connectivity index (χ4n) is 3.63.